The zero-order valence-electron chi connectivity index (χ0n) is 18.1. The van der Waals surface area contributed by atoms with Crippen molar-refractivity contribution in [3.05, 3.63) is 66.3 Å². The van der Waals surface area contributed by atoms with Gasteiger partial charge in [0, 0.05) is 49.9 Å². The van der Waals surface area contributed by atoms with Crippen LogP contribution in [0.1, 0.15) is 17.9 Å². The highest BCUT2D eigenvalue weighted by Crippen LogP contribution is 2.34. The Morgan fingerprint density at radius 3 is 2.55 bits per heavy atom. The van der Waals surface area contributed by atoms with Crippen molar-refractivity contribution in [2.24, 2.45) is 0 Å². The number of nitrogens with one attached hydrogen (secondary N) is 1. The van der Waals surface area contributed by atoms with Gasteiger partial charge in [0.15, 0.2) is 5.76 Å². The summed E-state index contributed by atoms with van der Waals surface area (Å²) in [7, 11) is 1.64. The van der Waals surface area contributed by atoms with Crippen molar-refractivity contribution < 1.29 is 14.4 Å². The van der Waals surface area contributed by atoms with E-state index in [0.29, 0.717) is 35.3 Å². The van der Waals surface area contributed by atoms with E-state index in [1.165, 1.54) is 4.90 Å². The molecule has 0 saturated carbocycles. The van der Waals surface area contributed by atoms with Crippen molar-refractivity contribution >= 4 is 17.5 Å². The average Bonchev–Trinajstić information content (AvgIpc) is 3.42. The van der Waals surface area contributed by atoms with E-state index in [4.69, 9.17) is 4.52 Å². The Kier molecular flexibility index (Phi) is 5.06. The van der Waals surface area contributed by atoms with Crippen molar-refractivity contribution in [3.63, 3.8) is 0 Å². The number of nitrogens with zero attached hydrogens (tertiary/aromatic N) is 6. The number of amides is 1. The van der Waals surface area contributed by atoms with Crippen LogP contribution in [0, 0.1) is 6.92 Å². The summed E-state index contributed by atoms with van der Waals surface area (Å²) in [4.78, 5) is 31.5. The fourth-order valence-corrected chi connectivity index (χ4v) is 3.71. The number of likely N-dealkylation sites (tertiary alicyclic amines) is 1. The third-order valence-electron chi connectivity index (χ3n) is 5.51. The highest BCUT2D eigenvalue weighted by atomic mass is 16.5. The summed E-state index contributed by atoms with van der Waals surface area (Å²) in [6, 6.07) is 12.5. The van der Waals surface area contributed by atoms with Gasteiger partial charge in [0.1, 0.15) is 5.69 Å². The van der Waals surface area contributed by atoms with Gasteiger partial charge in [0.25, 0.3) is 5.91 Å². The molecule has 0 bridgehead atoms. The highest BCUT2D eigenvalue weighted by molar-refractivity contribution is 5.87. The number of aromatic nitrogens is 5. The third-order valence-corrected chi connectivity index (χ3v) is 5.51. The second kappa shape index (κ2) is 8.06. The van der Waals surface area contributed by atoms with Gasteiger partial charge >= 0.3 is 0 Å². The molecule has 0 aromatic carbocycles. The Bertz CT molecular complexity index is 1340. The minimum Gasteiger partial charge on any atom is -0.373 e. The number of rotatable bonds is 5. The van der Waals surface area contributed by atoms with Crippen LogP contribution in [0.5, 0.6) is 0 Å². The smallest absolute Gasteiger partial charge is 0.262 e. The molecule has 10 nitrogen and oxygen atoms in total. The number of anilines is 2. The highest BCUT2D eigenvalue weighted by Gasteiger charge is 2.48. The Hall–Kier alpha value is -4.18. The summed E-state index contributed by atoms with van der Waals surface area (Å²) in [5, 5.41) is 18.0. The molecule has 1 atom stereocenters. The summed E-state index contributed by atoms with van der Waals surface area (Å²) in [5.74, 6) is 0.137. The summed E-state index contributed by atoms with van der Waals surface area (Å²) in [6.07, 6.45) is 3.61. The van der Waals surface area contributed by atoms with Crippen LogP contribution in [0.15, 0.2) is 59.4 Å². The molecule has 0 unspecified atom stereocenters. The molecule has 5 heterocycles. The van der Waals surface area contributed by atoms with E-state index < -0.39 is 11.5 Å². The molecule has 1 amide bonds. The van der Waals surface area contributed by atoms with E-state index in [2.05, 4.69) is 30.4 Å². The lowest BCUT2D eigenvalue weighted by molar-refractivity contribution is -0.144. The number of carbonyl (C=O) groups is 1. The topological polar surface area (TPSA) is 130 Å². The van der Waals surface area contributed by atoms with Gasteiger partial charge in [0.05, 0.1) is 17.1 Å². The Balaban J connectivity index is 1.42. The zero-order chi connectivity index (χ0) is 23.0. The van der Waals surface area contributed by atoms with E-state index in [1.54, 1.807) is 37.6 Å². The number of aryl methyl sites for hydroxylation is 1. The van der Waals surface area contributed by atoms with Gasteiger partial charge < -0.3 is 19.8 Å². The largest absolute Gasteiger partial charge is 0.373 e. The lowest BCUT2D eigenvalue weighted by Gasteiger charge is -2.16. The van der Waals surface area contributed by atoms with Crippen LogP contribution >= 0.6 is 0 Å². The number of pyridine rings is 2. The van der Waals surface area contributed by atoms with Crippen molar-refractivity contribution in [1.29, 1.82) is 0 Å². The van der Waals surface area contributed by atoms with Gasteiger partial charge in [-0.2, -0.15) is 0 Å². The molecule has 5 rings (SSSR count). The molecule has 1 aliphatic rings. The summed E-state index contributed by atoms with van der Waals surface area (Å²) in [5.41, 5.74) is 2.20. The SMILES string of the molecule is Cc1cc(Nc2nccc(-c3cccc(-c4cc([C@]5(O)CCN(C)C5=O)on4)n3)n2)ccn1. The van der Waals surface area contributed by atoms with Crippen LogP contribution in [-0.4, -0.2) is 54.6 Å². The van der Waals surface area contributed by atoms with Crippen molar-refractivity contribution in [2.75, 3.05) is 18.9 Å². The number of carbonyl (C=O) groups excluding carboxylic acids is 1. The number of likely N-dealkylation sites (N-methyl/N-ethyl adjacent to an activating group) is 1. The third kappa shape index (κ3) is 3.92. The molecule has 0 aliphatic carbocycles. The van der Waals surface area contributed by atoms with Crippen molar-refractivity contribution in [3.8, 4) is 22.8 Å². The van der Waals surface area contributed by atoms with E-state index in [1.807, 2.05) is 31.2 Å². The van der Waals surface area contributed by atoms with E-state index >= 15 is 0 Å². The lowest BCUT2D eigenvalue weighted by Crippen LogP contribution is -2.35. The second-order valence-electron chi connectivity index (χ2n) is 7.90. The zero-order valence-corrected chi connectivity index (χ0v) is 18.1. The Labute approximate surface area is 189 Å². The molecule has 1 fully saturated rings. The molecule has 1 aliphatic heterocycles. The number of hydrogen-bond acceptors (Lipinski definition) is 9. The second-order valence-corrected chi connectivity index (χ2v) is 7.90. The van der Waals surface area contributed by atoms with Crippen LogP contribution in [0.25, 0.3) is 22.8 Å². The van der Waals surface area contributed by atoms with Crippen molar-refractivity contribution in [1.82, 2.24) is 30.0 Å². The minimum absolute atomic E-state index is 0.111. The quantitative estimate of drug-likeness (QED) is 0.478. The van der Waals surface area contributed by atoms with Gasteiger partial charge in [-0.05, 0) is 37.3 Å². The molecule has 10 heteroatoms. The van der Waals surface area contributed by atoms with Crippen LogP contribution in [-0.2, 0) is 10.4 Å². The number of hydrogen-bond donors (Lipinski definition) is 2. The maximum atomic E-state index is 12.3. The molecule has 0 spiro atoms. The van der Waals surface area contributed by atoms with Gasteiger partial charge in [0.2, 0.25) is 11.5 Å². The van der Waals surface area contributed by atoms with Crippen LogP contribution in [0.3, 0.4) is 0 Å². The molecule has 4 aromatic rings. The Morgan fingerprint density at radius 2 is 1.79 bits per heavy atom. The fraction of sp³-hybridized carbons (Fsp3) is 0.217. The molecule has 2 N–H and O–H groups in total. The van der Waals surface area contributed by atoms with Crippen LogP contribution < -0.4 is 5.32 Å². The monoisotopic (exact) mass is 443 g/mol. The first-order valence-corrected chi connectivity index (χ1v) is 10.4. The van der Waals surface area contributed by atoms with Gasteiger partial charge in [-0.3, -0.25) is 9.78 Å². The van der Waals surface area contributed by atoms with Gasteiger partial charge in [-0.25, -0.2) is 15.0 Å². The molecule has 0 radical (unpaired) electrons. The fourth-order valence-electron chi connectivity index (χ4n) is 3.71. The first-order chi connectivity index (χ1) is 15.9. The minimum atomic E-state index is -1.70. The van der Waals surface area contributed by atoms with E-state index in [0.717, 1.165) is 11.4 Å². The molecule has 166 valence electrons. The molecular weight excluding hydrogens is 422 g/mol. The molecular formula is C23H21N7O3. The first kappa shape index (κ1) is 20.7. The van der Waals surface area contributed by atoms with E-state index in [9.17, 15) is 9.90 Å². The Morgan fingerprint density at radius 1 is 1.03 bits per heavy atom. The van der Waals surface area contributed by atoms with Gasteiger partial charge in [-0.1, -0.05) is 11.2 Å². The average molecular weight is 443 g/mol. The van der Waals surface area contributed by atoms with Crippen molar-refractivity contribution in [2.45, 2.75) is 18.9 Å². The summed E-state index contributed by atoms with van der Waals surface area (Å²) >= 11 is 0. The van der Waals surface area contributed by atoms with Gasteiger partial charge in [-0.15, -0.1) is 0 Å². The first-order valence-electron chi connectivity index (χ1n) is 10.4. The molecule has 1 saturated heterocycles. The standard InChI is InChI=1S/C23H21N7O3/c1-14-12-15(6-9-24-14)26-22-25-10-7-18(28-22)16-4-3-5-17(27-16)19-13-20(33-29-19)23(32)8-11-30(2)21(23)31/h3-7,9-10,12-13,32H,8,11H2,1-2H3,(H,24,25,26,28)/t23-/m1/s1. The summed E-state index contributed by atoms with van der Waals surface area (Å²) < 4.78 is 5.34. The predicted molar refractivity (Wildman–Crippen MR) is 119 cm³/mol. The maximum absolute atomic E-state index is 12.3. The van der Waals surface area contributed by atoms with Crippen LogP contribution in [0.4, 0.5) is 11.6 Å². The van der Waals surface area contributed by atoms with Crippen LogP contribution in [0.2, 0.25) is 0 Å². The maximum Gasteiger partial charge on any atom is 0.262 e. The number of aliphatic hydroxyl groups is 1. The lowest BCUT2D eigenvalue weighted by atomic mass is 9.98. The summed E-state index contributed by atoms with van der Waals surface area (Å²) in [6.45, 7) is 2.36. The molecule has 4 aromatic heterocycles. The normalized spacial score (nSPS) is 18.0. The van der Waals surface area contributed by atoms with E-state index in [-0.39, 0.29) is 12.2 Å². The predicted octanol–water partition coefficient (Wildman–Crippen LogP) is 2.69. The molecule has 33 heavy (non-hydrogen) atoms.